The van der Waals surface area contributed by atoms with Crippen molar-refractivity contribution in [1.82, 2.24) is 15.0 Å². The first-order chi connectivity index (χ1) is 13.4. The monoisotopic (exact) mass is 428 g/mol. The van der Waals surface area contributed by atoms with Crippen LogP contribution < -0.4 is 14.2 Å². The van der Waals surface area contributed by atoms with E-state index in [0.29, 0.717) is 21.0 Å². The highest BCUT2D eigenvalue weighted by molar-refractivity contribution is 7.86. The maximum atomic E-state index is 12.8. The second kappa shape index (κ2) is 8.61. The molecule has 0 saturated heterocycles. The molecule has 1 aromatic carbocycles. The van der Waals surface area contributed by atoms with Crippen molar-refractivity contribution in [1.29, 1.82) is 0 Å². The molecule has 0 fully saturated rings. The SMILES string of the molecule is COc1nc(NS(=O)c2cccc3nc(Cl)ccc23)nc(OC)c1CC(F)F. The highest BCUT2D eigenvalue weighted by Crippen LogP contribution is 2.30. The van der Waals surface area contributed by atoms with Gasteiger partial charge in [-0.25, -0.2) is 18.0 Å². The van der Waals surface area contributed by atoms with Gasteiger partial charge < -0.3 is 9.47 Å². The van der Waals surface area contributed by atoms with Crippen LogP contribution in [0.2, 0.25) is 5.15 Å². The van der Waals surface area contributed by atoms with Gasteiger partial charge in [-0.15, -0.1) is 0 Å². The zero-order chi connectivity index (χ0) is 20.3. The Hall–Kier alpha value is -2.59. The van der Waals surface area contributed by atoms with E-state index in [0.717, 1.165) is 0 Å². The third-order valence-corrected chi connectivity index (χ3v) is 5.05. The third kappa shape index (κ3) is 4.28. The number of hydrogen-bond acceptors (Lipinski definition) is 6. The first kappa shape index (κ1) is 20.2. The van der Waals surface area contributed by atoms with Crippen LogP contribution in [0.3, 0.4) is 0 Å². The van der Waals surface area contributed by atoms with Crippen molar-refractivity contribution in [3.05, 3.63) is 41.0 Å². The number of aromatic nitrogens is 3. The smallest absolute Gasteiger partial charge is 0.243 e. The van der Waals surface area contributed by atoms with Crippen LogP contribution in [0.1, 0.15) is 5.56 Å². The van der Waals surface area contributed by atoms with Gasteiger partial charge in [-0.2, -0.15) is 9.97 Å². The number of benzene rings is 1. The molecule has 3 aromatic rings. The summed E-state index contributed by atoms with van der Waals surface area (Å²) in [6.07, 6.45) is -3.26. The molecular weight excluding hydrogens is 414 g/mol. The molecular formula is C17H15ClF2N4O3S. The van der Waals surface area contributed by atoms with E-state index in [4.69, 9.17) is 21.1 Å². The fourth-order valence-electron chi connectivity index (χ4n) is 2.56. The molecule has 7 nitrogen and oxygen atoms in total. The zero-order valence-electron chi connectivity index (χ0n) is 14.8. The summed E-state index contributed by atoms with van der Waals surface area (Å²) >= 11 is 5.89. The van der Waals surface area contributed by atoms with Gasteiger partial charge >= 0.3 is 0 Å². The molecule has 0 aliphatic heterocycles. The first-order valence-electron chi connectivity index (χ1n) is 7.93. The van der Waals surface area contributed by atoms with E-state index in [-0.39, 0.29) is 23.3 Å². The lowest BCUT2D eigenvalue weighted by molar-refractivity contribution is 0.146. The zero-order valence-corrected chi connectivity index (χ0v) is 16.4. The van der Waals surface area contributed by atoms with Crippen LogP contribution in [0.25, 0.3) is 10.9 Å². The van der Waals surface area contributed by atoms with E-state index < -0.39 is 23.8 Å². The molecule has 0 aliphatic rings. The topological polar surface area (TPSA) is 86.2 Å². The number of pyridine rings is 1. The van der Waals surface area contributed by atoms with E-state index in [2.05, 4.69) is 19.7 Å². The van der Waals surface area contributed by atoms with Crippen LogP contribution in [0.5, 0.6) is 11.8 Å². The Bertz CT molecular complexity index is 1010. The highest BCUT2D eigenvalue weighted by atomic mass is 35.5. The Labute approximate surface area is 166 Å². The molecule has 0 radical (unpaired) electrons. The van der Waals surface area contributed by atoms with Gasteiger partial charge in [0, 0.05) is 11.8 Å². The van der Waals surface area contributed by atoms with Gasteiger partial charge in [-0.05, 0) is 24.3 Å². The maximum Gasteiger partial charge on any atom is 0.243 e. The molecule has 28 heavy (non-hydrogen) atoms. The van der Waals surface area contributed by atoms with Crippen LogP contribution in [0.4, 0.5) is 14.7 Å². The molecule has 148 valence electrons. The van der Waals surface area contributed by atoms with E-state index in [1.807, 2.05) is 0 Å². The van der Waals surface area contributed by atoms with Crippen molar-refractivity contribution in [3.63, 3.8) is 0 Å². The van der Waals surface area contributed by atoms with E-state index in [9.17, 15) is 13.0 Å². The molecule has 1 unspecified atom stereocenters. The summed E-state index contributed by atoms with van der Waals surface area (Å²) in [5.74, 6) is -0.264. The molecule has 1 atom stereocenters. The number of methoxy groups -OCH3 is 2. The number of fused-ring (bicyclic) bond motifs is 1. The van der Waals surface area contributed by atoms with Crippen molar-refractivity contribution in [2.45, 2.75) is 17.7 Å². The largest absolute Gasteiger partial charge is 0.481 e. The minimum Gasteiger partial charge on any atom is -0.481 e. The first-order valence-corrected chi connectivity index (χ1v) is 9.46. The fourth-order valence-corrected chi connectivity index (χ4v) is 3.65. The maximum absolute atomic E-state index is 12.8. The predicted molar refractivity (Wildman–Crippen MR) is 102 cm³/mol. The predicted octanol–water partition coefficient (Wildman–Crippen LogP) is 3.64. The van der Waals surface area contributed by atoms with Crippen LogP contribution >= 0.6 is 11.6 Å². The van der Waals surface area contributed by atoms with Gasteiger partial charge in [-0.3, -0.25) is 4.72 Å². The number of rotatable bonds is 7. The molecule has 0 aliphatic carbocycles. The molecule has 0 bridgehead atoms. The van der Waals surface area contributed by atoms with Crippen molar-refractivity contribution in [3.8, 4) is 11.8 Å². The lowest BCUT2D eigenvalue weighted by Crippen LogP contribution is -2.12. The van der Waals surface area contributed by atoms with Crippen molar-refractivity contribution >= 4 is 39.4 Å². The van der Waals surface area contributed by atoms with Crippen LogP contribution in [0, 0.1) is 0 Å². The summed E-state index contributed by atoms with van der Waals surface area (Å²) in [5.41, 5.74) is 0.601. The number of anilines is 1. The van der Waals surface area contributed by atoms with Crippen LogP contribution in [-0.4, -0.2) is 39.8 Å². The molecule has 0 amide bonds. The van der Waals surface area contributed by atoms with E-state index >= 15 is 0 Å². The van der Waals surface area contributed by atoms with Gasteiger partial charge in [0.25, 0.3) is 0 Å². The average molecular weight is 429 g/mol. The second-order valence-corrected chi connectivity index (χ2v) is 7.04. The highest BCUT2D eigenvalue weighted by Gasteiger charge is 2.21. The standard InChI is InChI=1S/C17H15ClF2N4O3S/c1-26-15-10(8-14(19)20)16(27-2)23-17(22-15)24-28(25)12-5-3-4-11-9(12)6-7-13(18)21-11/h3-7,14H,8H2,1-2H3,(H,22,23,24). The molecule has 0 saturated carbocycles. The van der Waals surface area contributed by atoms with Crippen LogP contribution in [0.15, 0.2) is 35.2 Å². The Morgan fingerprint density at radius 1 is 1.11 bits per heavy atom. The number of nitrogens with one attached hydrogen (secondary N) is 1. The molecule has 0 spiro atoms. The van der Waals surface area contributed by atoms with Crippen LogP contribution in [-0.2, 0) is 17.4 Å². The molecule has 3 rings (SSSR count). The average Bonchev–Trinajstić information content (AvgIpc) is 2.67. The summed E-state index contributed by atoms with van der Waals surface area (Å²) in [7, 11) is 0.808. The lowest BCUT2D eigenvalue weighted by atomic mass is 10.2. The number of alkyl halides is 2. The van der Waals surface area contributed by atoms with Gasteiger partial charge in [0.05, 0.1) is 30.2 Å². The summed E-state index contributed by atoms with van der Waals surface area (Å²) in [5, 5.41) is 0.946. The van der Waals surface area contributed by atoms with Crippen molar-refractivity contribution in [2.24, 2.45) is 0 Å². The minimum atomic E-state index is -2.63. The number of ether oxygens (including phenoxy) is 2. The minimum absolute atomic E-state index is 0.0281. The summed E-state index contributed by atoms with van der Waals surface area (Å²) in [4.78, 5) is 12.7. The normalized spacial score (nSPS) is 12.2. The van der Waals surface area contributed by atoms with Gasteiger partial charge in [-0.1, -0.05) is 17.7 Å². The summed E-state index contributed by atoms with van der Waals surface area (Å²) < 4.78 is 51.2. The van der Waals surface area contributed by atoms with Crippen molar-refractivity contribution in [2.75, 3.05) is 18.9 Å². The number of halogens is 3. The second-order valence-electron chi connectivity index (χ2n) is 5.47. The molecule has 2 heterocycles. The van der Waals surface area contributed by atoms with Gasteiger partial charge in [0.1, 0.15) is 5.15 Å². The van der Waals surface area contributed by atoms with E-state index in [1.54, 1.807) is 30.3 Å². The quantitative estimate of drug-likeness (QED) is 0.578. The third-order valence-electron chi connectivity index (χ3n) is 3.72. The Morgan fingerprint density at radius 2 is 1.79 bits per heavy atom. The Morgan fingerprint density at radius 3 is 2.39 bits per heavy atom. The van der Waals surface area contributed by atoms with E-state index in [1.165, 1.54) is 14.2 Å². The number of hydrogen-bond donors (Lipinski definition) is 1. The van der Waals surface area contributed by atoms with Gasteiger partial charge in [0.15, 0.2) is 11.0 Å². The molecule has 11 heteroatoms. The molecule has 2 aromatic heterocycles. The van der Waals surface area contributed by atoms with Gasteiger partial charge in [0.2, 0.25) is 24.1 Å². The summed E-state index contributed by atoms with van der Waals surface area (Å²) in [6, 6.07) is 8.37. The lowest BCUT2D eigenvalue weighted by Gasteiger charge is -2.14. The Balaban J connectivity index is 1.96. The summed E-state index contributed by atoms with van der Waals surface area (Å²) in [6.45, 7) is 0. The molecule has 1 N–H and O–H groups in total. The number of nitrogens with zero attached hydrogens (tertiary/aromatic N) is 3. The Kier molecular flexibility index (Phi) is 6.20. The fraction of sp³-hybridized carbons (Fsp3) is 0.235. The van der Waals surface area contributed by atoms with Crippen molar-refractivity contribution < 1.29 is 22.5 Å².